The maximum absolute atomic E-state index is 10.5. The van der Waals surface area contributed by atoms with E-state index >= 15 is 0 Å². The predicted molar refractivity (Wildman–Crippen MR) is 545 cm³/mol. The van der Waals surface area contributed by atoms with Gasteiger partial charge in [-0.3, -0.25) is 4.79 Å². The minimum atomic E-state index is -3.23. The molecule has 3 aliphatic rings. The van der Waals surface area contributed by atoms with Crippen LogP contribution in [-0.2, 0) is 113 Å². The van der Waals surface area contributed by atoms with Crippen molar-refractivity contribution in [2.45, 2.75) is 303 Å². The Kier molecular flexibility index (Phi) is 81.1. The SMILES string of the molecule is C=CCCCCCC[Si](Cl)(Cl)Cl.C=CCCCCCC[Si](Cl)(Cl)O[SiH](O[SiH](O)O[Si](C)(C)O)O[Si](C)(C)O.CO.C[Si](C)(O)O[SiH](O)O[SiH](O)O[Si](C)(C)O.C[Si](C)(O)O[SiH](O)O[SiH](O[Si](C)(C)O)O[Si](Cl)(Cl)CCCCCCCC(=O)O.C[Si](C)(O)O[SiH](O)O[SiH](O[Si](C)(C)O)O[Si](Cl)(Cl)CCCCCCCC(O)O.C[Si]1(C)O[Si]2(O1)O[Si]1(O[Si](C)(C)O1)O2.OCOF.[Cu]. The summed E-state index contributed by atoms with van der Waals surface area (Å²) in [5.41, 5.74) is 0. The van der Waals surface area contributed by atoms with Crippen molar-refractivity contribution >= 4 is 312 Å². The number of allylic oxidation sites excluding steroid dienone is 2. The van der Waals surface area contributed by atoms with Gasteiger partial charge in [-0.25, -0.2) is 0 Å². The molecule has 8 atom stereocenters. The normalized spacial score (nSPS) is 17.4. The van der Waals surface area contributed by atoms with E-state index in [-0.39, 0.29) is 23.5 Å². The summed E-state index contributed by atoms with van der Waals surface area (Å²) < 4.78 is 122. The van der Waals surface area contributed by atoms with Crippen LogP contribution >= 0.6 is 99.7 Å². The summed E-state index contributed by atoms with van der Waals surface area (Å²) in [4.78, 5) is 139. The maximum Gasteiger partial charge on any atom is 0.649 e. The Bertz CT molecular complexity index is 2820. The van der Waals surface area contributed by atoms with Crippen molar-refractivity contribution in [3.05, 3.63) is 25.3 Å². The molecule has 0 aromatic carbocycles. The molecule has 0 bridgehead atoms. The monoisotopic (exact) mass is 2520 g/mol. The Hall–Kier alpha value is 5.65. The Morgan fingerprint density at radius 3 is 0.792 bits per heavy atom. The molecule has 130 heavy (non-hydrogen) atoms. The van der Waals surface area contributed by atoms with Crippen LogP contribution in [0.3, 0.4) is 0 Å². The molecule has 41 nitrogen and oxygen atoms in total. The van der Waals surface area contributed by atoms with Gasteiger partial charge in [0.05, 0.1) is 0 Å². The van der Waals surface area contributed by atoms with E-state index in [0.29, 0.717) is 37.4 Å². The van der Waals surface area contributed by atoms with E-state index in [4.69, 9.17) is 212 Å². The molecule has 3 saturated heterocycles. The molecule has 18 N–H and O–H groups in total. The summed E-state index contributed by atoms with van der Waals surface area (Å²) in [5.74, 6) is -0.797. The Balaban J connectivity index is -0.000000358. The first-order valence-electron chi connectivity index (χ1n) is 40.9. The van der Waals surface area contributed by atoms with Gasteiger partial charge in [0.25, 0.3) is 0 Å². The molecule has 0 aliphatic carbocycles. The molecule has 3 rings (SSSR count). The van der Waals surface area contributed by atoms with Crippen molar-refractivity contribution in [2.24, 2.45) is 0 Å². The van der Waals surface area contributed by atoms with Gasteiger partial charge in [-0.2, -0.15) is 4.94 Å². The summed E-state index contributed by atoms with van der Waals surface area (Å²) in [6, 6.07) is -0.221. The number of hydrogen-bond donors (Lipinski definition) is 18. The van der Waals surface area contributed by atoms with Crippen LogP contribution in [-0.4, -0.2) is 321 Å². The molecular formula is C54H150Cl9CuFO41Si24. The van der Waals surface area contributed by atoms with Crippen LogP contribution in [0, 0.1) is 0 Å². The van der Waals surface area contributed by atoms with E-state index in [1.54, 1.807) is 13.1 Å². The zero-order valence-corrected chi connectivity index (χ0v) is 111. The minimum Gasteiger partial charge on any atom is -0.481 e. The number of carboxylic acid groups (broad SMARTS) is 1. The molecule has 3 aliphatic heterocycles. The fraction of sp³-hybridized carbons (Fsp3) is 0.907. The van der Waals surface area contributed by atoms with Gasteiger partial charge in [0, 0.05) is 30.6 Å². The van der Waals surface area contributed by atoms with E-state index in [1.807, 2.05) is 38.3 Å². The smallest absolute Gasteiger partial charge is 0.481 e. The molecule has 1 radical (unpaired) electrons. The van der Waals surface area contributed by atoms with Crippen LogP contribution in [0.25, 0.3) is 0 Å². The predicted octanol–water partition coefficient (Wildman–Crippen LogP) is 7.53. The molecular weight excluding hydrogens is 2380 g/mol. The van der Waals surface area contributed by atoms with Gasteiger partial charge < -0.3 is 174 Å². The summed E-state index contributed by atoms with van der Waals surface area (Å²) in [7, 11) is -56.8. The second kappa shape index (κ2) is 72.1. The van der Waals surface area contributed by atoms with E-state index in [1.165, 1.54) is 111 Å². The second-order valence-electron chi connectivity index (χ2n) is 32.9. The van der Waals surface area contributed by atoms with Gasteiger partial charge in [0.15, 0.2) is 13.1 Å². The number of aliphatic hydroxyl groups is 4. The van der Waals surface area contributed by atoms with E-state index in [9.17, 15) is 71.7 Å². The summed E-state index contributed by atoms with van der Waals surface area (Å²) >= 11 is 55.2. The van der Waals surface area contributed by atoms with Crippen LogP contribution in [0.5, 0.6) is 0 Å². The Morgan fingerprint density at radius 1 is 0.369 bits per heavy atom. The van der Waals surface area contributed by atoms with Crippen LogP contribution in [0.1, 0.15) is 141 Å². The molecule has 3 heterocycles. The molecule has 0 aromatic heterocycles. The minimum absolute atomic E-state index is 0. The largest absolute Gasteiger partial charge is 0.649 e. The number of unbranched alkanes of at least 4 members (excludes halogenated alkanes) is 16. The van der Waals surface area contributed by atoms with Crippen molar-refractivity contribution in [1.82, 2.24) is 0 Å². The molecule has 76 heteroatoms. The van der Waals surface area contributed by atoms with Crippen molar-refractivity contribution in [3.63, 3.8) is 0 Å². The molecule has 2 spiro atoms. The third-order valence-corrected chi connectivity index (χ3v) is 82.0. The van der Waals surface area contributed by atoms with Crippen LogP contribution in [0.15, 0.2) is 25.3 Å². The quantitative estimate of drug-likeness (QED) is 0.00919. The van der Waals surface area contributed by atoms with E-state index < -0.39 is 226 Å². The molecule has 8 unspecified atom stereocenters. The fourth-order valence-corrected chi connectivity index (χ4v) is 69.3. The first kappa shape index (κ1) is 146. The van der Waals surface area contributed by atoms with Crippen LogP contribution in [0.4, 0.5) is 4.53 Å². The zero-order valence-electron chi connectivity index (χ0n) is 77.9. The number of halogens is 10. The number of aliphatic carboxylic acids is 1. The molecule has 0 aromatic rings. The first-order chi connectivity index (χ1) is 58.1. The number of hydrogen-bond acceptors (Lipinski definition) is 40. The number of carbonyl (C=O) groups is 1. The van der Waals surface area contributed by atoms with Gasteiger partial charge in [0.1, 0.15) is 0 Å². The molecule has 3 fully saturated rings. The number of rotatable bonds is 61. The fourth-order valence-electron chi connectivity index (χ4n) is 9.27. The summed E-state index contributed by atoms with van der Waals surface area (Å²) in [6.45, 7) is 28.8. The molecule has 0 amide bonds. The van der Waals surface area contributed by atoms with Gasteiger partial charge in [-0.15, -0.1) is 113 Å². The second-order valence-corrected chi connectivity index (χ2v) is 115. The molecule has 789 valence electrons. The van der Waals surface area contributed by atoms with Gasteiger partial charge in [-0.1, -0.05) is 102 Å². The maximum atomic E-state index is 10.5. The van der Waals surface area contributed by atoms with Gasteiger partial charge >= 0.3 is 213 Å². The number of aliphatic hydroxyl groups excluding tert-OH is 3. The van der Waals surface area contributed by atoms with E-state index in [2.05, 4.69) is 18.1 Å². The van der Waals surface area contributed by atoms with Gasteiger partial charge in [0.2, 0.25) is 0 Å². The van der Waals surface area contributed by atoms with Crippen molar-refractivity contribution < 1.29 is 206 Å². The van der Waals surface area contributed by atoms with Crippen LogP contribution in [0.2, 0.25) is 155 Å². The average Bonchev–Trinajstić information content (AvgIpc) is 0.683. The summed E-state index contributed by atoms with van der Waals surface area (Å²) in [6.07, 6.45) is 21.7. The van der Waals surface area contributed by atoms with Gasteiger partial charge in [-0.05, 0) is 205 Å². The third kappa shape index (κ3) is 99.6. The third-order valence-electron chi connectivity index (χ3n) is 13.9. The average molecular weight is 2530 g/mol. The standard InChI is InChI=1S/C12H34Cl2O9Si5.C12H32Cl2O9Si5.C12H32Cl2O7Si5.C8H15Cl3Si.C4H18O7Si4.C4H12O6Si4.CH3FO2.CH4O.Cu/c2*1-26(2,18)21-24(17)20-25(22-27(3,4)19)23-28(13,14)11-9-7-5-6-8-10-12(15)16;1-6-7-8-9-10-11-12-26(13,14)21-23(20-25(4,5)17)18-22(15)19-24(2,3)16;1-2-3-4-5-6-7-8-12(9,10)11;1-14(2,7)10-12(5)9-13(6)11-15(3,4)8;1-11(2)5-13(6-11)9-14(10-13)7-12(3,4)8-14;2-4-1-3;1-2;/h12,15-19,24-25H,5-11H2,1-4H3;17-19,24-25H,5-11H2,1-4H3,(H,15,16);6,15-17,22-23H,1,7-12H2,2-5H3;2H,1,3-8H2;5-8,12-13H,1-4H3;1-4H3;3H,1H2;2H,1H3;. The van der Waals surface area contributed by atoms with Crippen molar-refractivity contribution in [1.29, 1.82) is 0 Å². The van der Waals surface area contributed by atoms with E-state index in [0.717, 1.165) is 109 Å². The van der Waals surface area contributed by atoms with Crippen molar-refractivity contribution in [2.75, 3.05) is 13.9 Å². The Morgan fingerprint density at radius 2 is 0.585 bits per heavy atom. The first-order valence-corrected chi connectivity index (χ1v) is 102. The summed E-state index contributed by atoms with van der Waals surface area (Å²) in [5, 5.41) is 40.5. The van der Waals surface area contributed by atoms with Crippen molar-refractivity contribution in [3.8, 4) is 0 Å². The Labute approximate surface area is 851 Å². The molecule has 0 saturated carbocycles. The number of carboxylic acids is 1. The zero-order chi connectivity index (χ0) is 102. The topological polar surface area (TPSA) is 584 Å². The van der Waals surface area contributed by atoms with Crippen LogP contribution < -0.4 is 0 Å².